The molecular weight excluding hydrogens is 458 g/mol. The van der Waals surface area contributed by atoms with Gasteiger partial charge in [-0.25, -0.2) is 18.0 Å². The van der Waals surface area contributed by atoms with Crippen molar-refractivity contribution in [3.05, 3.63) is 64.2 Å². The van der Waals surface area contributed by atoms with Crippen molar-refractivity contribution in [3.8, 4) is 0 Å². The van der Waals surface area contributed by atoms with Gasteiger partial charge in [-0.15, -0.1) is 0 Å². The fourth-order valence-corrected chi connectivity index (χ4v) is 5.47. The van der Waals surface area contributed by atoms with Gasteiger partial charge in [0.2, 0.25) is 10.0 Å². The Morgan fingerprint density at radius 1 is 1.03 bits per heavy atom. The summed E-state index contributed by atoms with van der Waals surface area (Å²) in [5.74, 6) is -1.16. The maximum Gasteiger partial charge on any atom is 0.338 e. The van der Waals surface area contributed by atoms with Gasteiger partial charge in [0.15, 0.2) is 0 Å². The Morgan fingerprint density at radius 2 is 1.62 bits per heavy atom. The highest BCUT2D eigenvalue weighted by atomic mass is 35.5. The molecule has 0 amide bonds. The minimum Gasteiger partial charge on any atom is -0.465 e. The van der Waals surface area contributed by atoms with Crippen LogP contribution >= 0.6 is 11.6 Å². The largest absolute Gasteiger partial charge is 0.465 e. The lowest BCUT2D eigenvalue weighted by atomic mass is 10.1. The molecule has 2 atom stereocenters. The average Bonchev–Trinajstić information content (AvgIpc) is 2.76. The van der Waals surface area contributed by atoms with Crippen LogP contribution in [0.5, 0.6) is 0 Å². The normalized spacial score (nSPS) is 19.4. The Kier molecular flexibility index (Phi) is 7.55. The predicted molar refractivity (Wildman–Crippen MR) is 117 cm³/mol. The lowest BCUT2D eigenvalue weighted by Gasteiger charge is -2.34. The summed E-state index contributed by atoms with van der Waals surface area (Å²) < 4.78 is 43.2. The van der Waals surface area contributed by atoms with Gasteiger partial charge in [0.25, 0.3) is 0 Å². The summed E-state index contributed by atoms with van der Waals surface area (Å²) in [7, 11) is -2.64. The minimum absolute atomic E-state index is 0.0201. The molecular formula is C22H24ClNO7S. The first-order valence-electron chi connectivity index (χ1n) is 9.91. The summed E-state index contributed by atoms with van der Waals surface area (Å²) >= 11 is 6.18. The monoisotopic (exact) mass is 481 g/mol. The number of carbonyl (C=O) groups excluding carboxylic acids is 2. The van der Waals surface area contributed by atoms with Crippen molar-refractivity contribution >= 4 is 33.6 Å². The first-order chi connectivity index (χ1) is 15.1. The van der Waals surface area contributed by atoms with E-state index in [1.165, 1.54) is 29.6 Å². The molecule has 10 heteroatoms. The second kappa shape index (κ2) is 9.99. The second-order valence-electron chi connectivity index (χ2n) is 7.49. The van der Waals surface area contributed by atoms with Crippen LogP contribution in [0.3, 0.4) is 0 Å². The highest BCUT2D eigenvalue weighted by Gasteiger charge is 2.34. The molecule has 0 spiro atoms. The van der Waals surface area contributed by atoms with Gasteiger partial charge in [-0.3, -0.25) is 0 Å². The Hall–Kier alpha value is -2.46. The molecule has 2 aromatic carbocycles. The van der Waals surface area contributed by atoms with Crippen LogP contribution in [-0.4, -0.2) is 57.1 Å². The standard InChI is InChI=1S/C22H24ClNO7S/c1-14-11-24(12-15(2)31-14)32(27,28)20-10-18(8-9-19(20)23)22(26)30-13-16-4-6-17(7-5-16)21(25)29-3/h4-10,14-15H,11-13H2,1-3H3/t14-,15-/m0/s1. The van der Waals surface area contributed by atoms with E-state index in [-0.39, 0.29) is 47.4 Å². The van der Waals surface area contributed by atoms with Crippen LogP contribution < -0.4 is 0 Å². The number of methoxy groups -OCH3 is 1. The molecule has 1 fully saturated rings. The Bertz CT molecular complexity index is 1090. The van der Waals surface area contributed by atoms with Gasteiger partial charge in [-0.1, -0.05) is 23.7 Å². The number of carbonyl (C=O) groups is 2. The predicted octanol–water partition coefficient (Wildman–Crippen LogP) is 3.28. The fourth-order valence-electron chi connectivity index (χ4n) is 3.38. The molecule has 0 bridgehead atoms. The van der Waals surface area contributed by atoms with Crippen LogP contribution in [-0.2, 0) is 30.8 Å². The maximum atomic E-state index is 13.2. The molecule has 1 heterocycles. The third kappa shape index (κ3) is 5.47. The first-order valence-corrected chi connectivity index (χ1v) is 11.7. The van der Waals surface area contributed by atoms with Gasteiger partial charge in [0.05, 0.1) is 35.5 Å². The zero-order valence-corrected chi connectivity index (χ0v) is 19.5. The van der Waals surface area contributed by atoms with Gasteiger partial charge in [-0.2, -0.15) is 4.31 Å². The molecule has 172 valence electrons. The van der Waals surface area contributed by atoms with Crippen molar-refractivity contribution in [2.75, 3.05) is 20.2 Å². The van der Waals surface area contributed by atoms with Crippen molar-refractivity contribution in [2.24, 2.45) is 0 Å². The number of ether oxygens (including phenoxy) is 3. The highest BCUT2D eigenvalue weighted by Crippen LogP contribution is 2.28. The molecule has 32 heavy (non-hydrogen) atoms. The van der Waals surface area contributed by atoms with Crippen molar-refractivity contribution in [2.45, 2.75) is 37.6 Å². The van der Waals surface area contributed by atoms with Gasteiger partial charge >= 0.3 is 11.9 Å². The number of benzene rings is 2. The molecule has 8 nitrogen and oxygen atoms in total. The number of rotatable bonds is 6. The van der Waals surface area contributed by atoms with E-state index < -0.39 is 22.0 Å². The molecule has 1 saturated heterocycles. The van der Waals surface area contributed by atoms with E-state index in [9.17, 15) is 18.0 Å². The number of hydrogen-bond acceptors (Lipinski definition) is 7. The Morgan fingerprint density at radius 3 is 2.22 bits per heavy atom. The summed E-state index contributed by atoms with van der Waals surface area (Å²) in [4.78, 5) is 23.9. The summed E-state index contributed by atoms with van der Waals surface area (Å²) in [6.45, 7) is 3.93. The first kappa shape index (κ1) is 24.2. The topological polar surface area (TPSA) is 99.2 Å². The van der Waals surface area contributed by atoms with Gasteiger partial charge < -0.3 is 14.2 Å². The zero-order valence-electron chi connectivity index (χ0n) is 17.9. The molecule has 0 aromatic heterocycles. The minimum atomic E-state index is -3.93. The van der Waals surface area contributed by atoms with Gasteiger partial charge in [0, 0.05) is 13.1 Å². The number of sulfonamides is 1. The van der Waals surface area contributed by atoms with Crippen molar-refractivity contribution in [1.29, 1.82) is 0 Å². The third-order valence-electron chi connectivity index (χ3n) is 4.92. The number of hydrogen-bond donors (Lipinski definition) is 0. The van der Waals surface area contributed by atoms with Crippen LogP contribution in [0.15, 0.2) is 47.4 Å². The molecule has 1 aliphatic heterocycles. The second-order valence-corrected chi connectivity index (χ2v) is 9.80. The lowest BCUT2D eigenvalue weighted by molar-refractivity contribution is -0.0440. The van der Waals surface area contributed by atoms with E-state index in [1.807, 2.05) is 0 Å². The van der Waals surface area contributed by atoms with E-state index in [1.54, 1.807) is 38.1 Å². The zero-order chi connectivity index (χ0) is 23.5. The van der Waals surface area contributed by atoms with Crippen LogP contribution in [0, 0.1) is 0 Å². The average molecular weight is 482 g/mol. The van der Waals surface area contributed by atoms with E-state index >= 15 is 0 Å². The highest BCUT2D eigenvalue weighted by molar-refractivity contribution is 7.89. The Balaban J connectivity index is 1.74. The molecule has 0 N–H and O–H groups in total. The van der Waals surface area contributed by atoms with Crippen LogP contribution in [0.25, 0.3) is 0 Å². The summed E-state index contributed by atoms with van der Waals surface area (Å²) in [6.07, 6.45) is -0.517. The molecule has 0 aliphatic carbocycles. The third-order valence-corrected chi connectivity index (χ3v) is 7.23. The van der Waals surface area contributed by atoms with E-state index in [2.05, 4.69) is 4.74 Å². The van der Waals surface area contributed by atoms with Crippen molar-refractivity contribution < 1.29 is 32.2 Å². The molecule has 2 aromatic rings. The fraction of sp³-hybridized carbons (Fsp3) is 0.364. The van der Waals surface area contributed by atoms with Crippen molar-refractivity contribution in [3.63, 3.8) is 0 Å². The molecule has 1 aliphatic rings. The number of morpholine rings is 1. The number of nitrogens with zero attached hydrogens (tertiary/aromatic N) is 1. The smallest absolute Gasteiger partial charge is 0.338 e. The van der Waals surface area contributed by atoms with E-state index in [0.717, 1.165) is 0 Å². The maximum absolute atomic E-state index is 13.2. The van der Waals surface area contributed by atoms with Gasteiger partial charge in [0.1, 0.15) is 11.5 Å². The SMILES string of the molecule is COC(=O)c1ccc(COC(=O)c2ccc(Cl)c(S(=O)(=O)N3C[C@H](C)O[C@@H](C)C3)c2)cc1. The quantitative estimate of drug-likeness (QED) is 0.584. The van der Waals surface area contributed by atoms with Gasteiger partial charge in [-0.05, 0) is 49.7 Å². The molecule has 3 rings (SSSR count). The number of halogens is 1. The summed E-state index contributed by atoms with van der Waals surface area (Å²) in [5.41, 5.74) is 1.10. The van der Waals surface area contributed by atoms with Crippen LogP contribution in [0.1, 0.15) is 40.1 Å². The molecule has 0 unspecified atom stereocenters. The van der Waals surface area contributed by atoms with Crippen LogP contribution in [0.4, 0.5) is 0 Å². The lowest BCUT2D eigenvalue weighted by Crippen LogP contribution is -2.48. The molecule has 0 saturated carbocycles. The van der Waals surface area contributed by atoms with E-state index in [4.69, 9.17) is 21.1 Å². The number of esters is 2. The van der Waals surface area contributed by atoms with E-state index in [0.29, 0.717) is 11.1 Å². The molecule has 0 radical (unpaired) electrons. The summed E-state index contributed by atoms with van der Waals surface area (Å²) in [5, 5.41) is 0.0201. The van der Waals surface area contributed by atoms with Crippen LogP contribution in [0.2, 0.25) is 5.02 Å². The summed E-state index contributed by atoms with van der Waals surface area (Å²) in [6, 6.07) is 10.4. The Labute approximate surface area is 192 Å². The van der Waals surface area contributed by atoms with Crippen molar-refractivity contribution in [1.82, 2.24) is 4.31 Å².